The highest BCUT2D eigenvalue weighted by molar-refractivity contribution is 6.17. The van der Waals surface area contributed by atoms with Crippen molar-refractivity contribution < 1.29 is 17.8 Å². The zero-order valence-electron chi connectivity index (χ0n) is 20.8. The van der Waals surface area contributed by atoms with Crippen molar-refractivity contribution in [1.82, 2.24) is 0 Å². The van der Waals surface area contributed by atoms with Gasteiger partial charge in [0.2, 0.25) is 11.6 Å². The van der Waals surface area contributed by atoms with E-state index in [4.69, 9.17) is 4.42 Å². The predicted octanol–water partition coefficient (Wildman–Crippen LogP) is 8.38. The molecule has 4 heteroatoms. The van der Waals surface area contributed by atoms with Gasteiger partial charge in [0, 0.05) is 35.2 Å². The summed E-state index contributed by atoms with van der Waals surface area (Å²) in [6, 6.07) is 17.1. The smallest absolute Gasteiger partial charge is 0.248 e. The van der Waals surface area contributed by atoms with Gasteiger partial charge in [0.1, 0.15) is 18.2 Å². The number of aryl methyl sites for hydroxylation is 2. The molecule has 0 amide bonds. The van der Waals surface area contributed by atoms with Crippen LogP contribution < -0.4 is 4.57 Å². The molecule has 180 valence electrons. The van der Waals surface area contributed by atoms with Crippen LogP contribution in [0.2, 0.25) is 0 Å². The van der Waals surface area contributed by atoms with E-state index in [0.717, 1.165) is 33.1 Å². The number of hydrogen-bond donors (Lipinski definition) is 0. The lowest BCUT2D eigenvalue weighted by Gasteiger charge is -2.28. The zero-order valence-corrected chi connectivity index (χ0v) is 20.8. The fourth-order valence-electron chi connectivity index (χ4n) is 6.43. The summed E-state index contributed by atoms with van der Waals surface area (Å²) in [5.41, 5.74) is 10.1. The lowest BCUT2D eigenvalue weighted by atomic mass is 9.81. The number of furan rings is 1. The monoisotopic (exact) mass is 480 g/mol. The molecule has 0 N–H and O–H groups in total. The predicted molar refractivity (Wildman–Crippen MR) is 141 cm³/mol. The Kier molecular flexibility index (Phi) is 4.52. The number of alkyl halides is 2. The minimum Gasteiger partial charge on any atom is -0.455 e. The Morgan fingerprint density at radius 3 is 2.56 bits per heavy atom. The van der Waals surface area contributed by atoms with E-state index < -0.39 is 5.92 Å². The summed E-state index contributed by atoms with van der Waals surface area (Å²) in [4.78, 5) is 0. The third-order valence-electron chi connectivity index (χ3n) is 8.49. The maximum Gasteiger partial charge on any atom is 0.248 e. The Bertz CT molecular complexity index is 1750. The number of nitrogens with zero attached hydrogens (tertiary/aromatic N) is 1. The van der Waals surface area contributed by atoms with Gasteiger partial charge in [0.25, 0.3) is 0 Å². The molecule has 2 heterocycles. The van der Waals surface area contributed by atoms with E-state index >= 15 is 0 Å². The molecule has 2 aliphatic rings. The summed E-state index contributed by atoms with van der Waals surface area (Å²) in [5.74, 6) is -2.33. The molecule has 0 spiro atoms. The third-order valence-corrected chi connectivity index (χ3v) is 8.49. The lowest BCUT2D eigenvalue weighted by molar-refractivity contribution is -0.672. The Hall–Kier alpha value is -3.53. The van der Waals surface area contributed by atoms with Gasteiger partial charge >= 0.3 is 0 Å². The van der Waals surface area contributed by atoms with Crippen molar-refractivity contribution in [3.8, 4) is 0 Å². The van der Waals surface area contributed by atoms with E-state index in [1.165, 1.54) is 38.7 Å². The van der Waals surface area contributed by atoms with Gasteiger partial charge < -0.3 is 4.42 Å². The maximum atomic E-state index is 13.8. The third kappa shape index (κ3) is 3.09. The van der Waals surface area contributed by atoms with Gasteiger partial charge in [-0.2, -0.15) is 0 Å². The van der Waals surface area contributed by atoms with E-state index in [1.54, 1.807) is 0 Å². The number of rotatable bonds is 2. The lowest BCUT2D eigenvalue weighted by Crippen LogP contribution is -2.32. The molecule has 0 unspecified atom stereocenters. The van der Waals surface area contributed by atoms with E-state index in [-0.39, 0.29) is 18.8 Å². The first-order valence-corrected chi connectivity index (χ1v) is 12.8. The second-order valence-corrected chi connectivity index (χ2v) is 10.7. The summed E-state index contributed by atoms with van der Waals surface area (Å²) < 4.78 is 36.4. The molecule has 1 saturated carbocycles. The van der Waals surface area contributed by atoms with Crippen LogP contribution in [0.25, 0.3) is 44.4 Å². The van der Waals surface area contributed by atoms with Crippen molar-refractivity contribution in [2.45, 2.75) is 51.4 Å². The number of hydrogen-bond acceptors (Lipinski definition) is 1. The summed E-state index contributed by atoms with van der Waals surface area (Å²) in [7, 11) is 2.09. The number of benzene rings is 3. The SMILES string of the molecule is Cc1cc2c(oc3ccccc32)c(C2=Cc3cc(C4CCC(F)(F)CC4)cc4cc[n+](C)c2c34)c1C. The molecular formula is C32H28F2NO+. The van der Waals surface area contributed by atoms with Crippen LogP contribution in [0.5, 0.6) is 0 Å². The summed E-state index contributed by atoms with van der Waals surface area (Å²) in [6.07, 6.45) is 5.44. The minimum absolute atomic E-state index is 0.0202. The molecular weight excluding hydrogens is 452 g/mol. The average molecular weight is 481 g/mol. The van der Waals surface area contributed by atoms with Crippen molar-refractivity contribution in [2.75, 3.05) is 0 Å². The van der Waals surface area contributed by atoms with Crippen molar-refractivity contribution in [2.24, 2.45) is 7.05 Å². The molecule has 36 heavy (non-hydrogen) atoms. The van der Waals surface area contributed by atoms with Gasteiger partial charge in [-0.25, -0.2) is 13.3 Å². The van der Waals surface area contributed by atoms with E-state index in [2.05, 4.69) is 74.1 Å². The van der Waals surface area contributed by atoms with Crippen LogP contribution in [0.4, 0.5) is 8.78 Å². The first-order chi connectivity index (χ1) is 17.3. The number of aromatic nitrogens is 1. The largest absolute Gasteiger partial charge is 0.455 e. The summed E-state index contributed by atoms with van der Waals surface area (Å²) >= 11 is 0. The van der Waals surface area contributed by atoms with Crippen LogP contribution in [0, 0.1) is 13.8 Å². The Labute approximate surface area is 208 Å². The first kappa shape index (κ1) is 21.7. The van der Waals surface area contributed by atoms with Gasteiger partial charge in [-0.05, 0) is 78.5 Å². The minimum atomic E-state index is -2.52. The van der Waals surface area contributed by atoms with E-state index in [0.29, 0.717) is 12.8 Å². The number of pyridine rings is 1. The topological polar surface area (TPSA) is 17.0 Å². The average Bonchev–Trinajstić information content (AvgIpc) is 3.41. The molecule has 0 aliphatic heterocycles. The van der Waals surface area contributed by atoms with Crippen LogP contribution in [-0.4, -0.2) is 5.92 Å². The van der Waals surface area contributed by atoms with E-state index in [9.17, 15) is 8.78 Å². The van der Waals surface area contributed by atoms with Crippen molar-refractivity contribution in [3.05, 3.63) is 88.2 Å². The molecule has 5 aromatic rings. The van der Waals surface area contributed by atoms with E-state index in [1.807, 2.05) is 12.1 Å². The fraction of sp³-hybridized carbons (Fsp3) is 0.281. The van der Waals surface area contributed by atoms with Crippen LogP contribution in [0.15, 0.2) is 59.1 Å². The first-order valence-electron chi connectivity index (χ1n) is 12.8. The van der Waals surface area contributed by atoms with Crippen LogP contribution in [-0.2, 0) is 7.05 Å². The molecule has 7 rings (SSSR count). The Morgan fingerprint density at radius 1 is 0.972 bits per heavy atom. The molecule has 0 saturated heterocycles. The standard InChI is InChI=1S/C32H28F2NO/c1-18-14-25-24-6-4-5-7-27(24)36-31(25)28(19(18)2)26-17-23-16-22(20-8-11-32(33,34)12-9-20)15-21-10-13-35(3)30(26)29(21)23/h4-7,10,13-17,20H,8-9,11-12H2,1-3H3/q+1. The molecule has 0 bridgehead atoms. The Balaban J connectivity index is 1.46. The maximum absolute atomic E-state index is 13.8. The number of halogens is 2. The zero-order chi connectivity index (χ0) is 24.8. The van der Waals surface area contributed by atoms with Gasteiger partial charge in [-0.15, -0.1) is 0 Å². The second kappa shape index (κ2) is 7.49. The molecule has 2 aromatic heterocycles. The highest BCUT2D eigenvalue weighted by Gasteiger charge is 2.36. The molecule has 0 radical (unpaired) electrons. The number of fused-ring (bicyclic) bond motifs is 3. The molecule has 3 aromatic carbocycles. The van der Waals surface area contributed by atoms with Crippen molar-refractivity contribution in [1.29, 1.82) is 0 Å². The highest BCUT2D eigenvalue weighted by Crippen LogP contribution is 2.47. The second-order valence-electron chi connectivity index (χ2n) is 10.7. The van der Waals surface area contributed by atoms with Crippen LogP contribution in [0.3, 0.4) is 0 Å². The number of para-hydroxylation sites is 1. The molecule has 2 aliphatic carbocycles. The normalized spacial score (nSPS) is 17.4. The Morgan fingerprint density at radius 2 is 1.75 bits per heavy atom. The highest BCUT2D eigenvalue weighted by atomic mass is 19.3. The summed E-state index contributed by atoms with van der Waals surface area (Å²) in [5, 5.41) is 4.67. The fourth-order valence-corrected chi connectivity index (χ4v) is 6.43. The summed E-state index contributed by atoms with van der Waals surface area (Å²) in [6.45, 7) is 4.34. The van der Waals surface area contributed by atoms with Gasteiger partial charge in [0.15, 0.2) is 6.20 Å². The molecule has 0 atom stereocenters. The van der Waals surface area contributed by atoms with Crippen LogP contribution in [0.1, 0.15) is 65.1 Å². The molecule has 1 fully saturated rings. The van der Waals surface area contributed by atoms with Crippen LogP contribution >= 0.6 is 0 Å². The van der Waals surface area contributed by atoms with Crippen molar-refractivity contribution in [3.63, 3.8) is 0 Å². The quantitative estimate of drug-likeness (QED) is 0.228. The molecule has 2 nitrogen and oxygen atoms in total. The van der Waals surface area contributed by atoms with Gasteiger partial charge in [-0.1, -0.05) is 30.3 Å². The van der Waals surface area contributed by atoms with Crippen molar-refractivity contribution >= 4 is 44.4 Å². The van der Waals surface area contributed by atoms with Gasteiger partial charge in [-0.3, -0.25) is 0 Å². The van der Waals surface area contributed by atoms with Gasteiger partial charge in [0.05, 0.1) is 11.0 Å².